The molecular weight excluding hydrogens is 448 g/mol. The molecule has 0 radical (unpaired) electrons. The number of nitrogens with two attached hydrogens (primary N) is 1. The van der Waals surface area contributed by atoms with E-state index in [2.05, 4.69) is 10.1 Å². The van der Waals surface area contributed by atoms with Crippen molar-refractivity contribution in [2.45, 2.75) is 38.2 Å². The van der Waals surface area contributed by atoms with Gasteiger partial charge in [-0.1, -0.05) is 5.16 Å². The van der Waals surface area contributed by atoms with Crippen LogP contribution >= 0.6 is 23.1 Å². The van der Waals surface area contributed by atoms with E-state index in [0.29, 0.717) is 11.3 Å². The van der Waals surface area contributed by atoms with Crippen LogP contribution in [0.4, 0.5) is 5.13 Å². The maximum absolute atomic E-state index is 13.0. The van der Waals surface area contributed by atoms with Gasteiger partial charge in [0.25, 0.3) is 0 Å². The normalized spacial score (nSPS) is 21.5. The molecule has 11 nitrogen and oxygen atoms in total. The van der Waals surface area contributed by atoms with Gasteiger partial charge in [0.15, 0.2) is 16.6 Å². The number of nitrogens with zero attached hydrogens (tertiary/aromatic N) is 3. The summed E-state index contributed by atoms with van der Waals surface area (Å²) in [4.78, 5) is 58.7. The van der Waals surface area contributed by atoms with E-state index in [1.807, 2.05) is 0 Å². The highest BCUT2D eigenvalue weighted by atomic mass is 32.2. The Morgan fingerprint density at radius 2 is 2.06 bits per heavy atom. The molecule has 166 valence electrons. The number of fused-ring (bicyclic) bond motifs is 1. The van der Waals surface area contributed by atoms with Gasteiger partial charge in [-0.15, -0.1) is 23.1 Å². The van der Waals surface area contributed by atoms with Crippen molar-refractivity contribution < 1.29 is 34.2 Å². The molecule has 2 atom stereocenters. The number of hydrogen-bond acceptors (Lipinski definition) is 10. The number of carboxylic acids is 2. The predicted molar refractivity (Wildman–Crippen MR) is 112 cm³/mol. The zero-order valence-corrected chi connectivity index (χ0v) is 18.5. The lowest BCUT2D eigenvalue weighted by atomic mass is 9.89. The van der Waals surface area contributed by atoms with Crippen LogP contribution in [0.2, 0.25) is 0 Å². The molecule has 4 N–H and O–H groups in total. The van der Waals surface area contributed by atoms with Gasteiger partial charge in [0.1, 0.15) is 11.4 Å². The maximum Gasteiger partial charge on any atom is 0.352 e. The van der Waals surface area contributed by atoms with Gasteiger partial charge in [-0.3, -0.25) is 14.5 Å². The minimum atomic E-state index is -1.70. The Morgan fingerprint density at radius 1 is 1.39 bits per heavy atom. The third-order valence-electron chi connectivity index (χ3n) is 4.79. The lowest BCUT2D eigenvalue weighted by Crippen LogP contribution is -2.61. The Hall–Kier alpha value is -2.93. The average molecular weight is 469 g/mol. The summed E-state index contributed by atoms with van der Waals surface area (Å²) >= 11 is 2.44. The fourth-order valence-corrected chi connectivity index (χ4v) is 4.95. The molecule has 1 aromatic rings. The van der Waals surface area contributed by atoms with Gasteiger partial charge in [-0.2, -0.15) is 0 Å². The van der Waals surface area contributed by atoms with Crippen molar-refractivity contribution in [2.24, 2.45) is 11.1 Å². The molecule has 1 fully saturated rings. The minimum absolute atomic E-state index is 0.0508. The largest absolute Gasteiger partial charge is 0.478 e. The maximum atomic E-state index is 13.0. The number of anilines is 1. The first-order valence-electron chi connectivity index (χ1n) is 9.06. The minimum Gasteiger partial charge on any atom is -0.478 e. The number of carbonyl (C=O) groups is 4. The van der Waals surface area contributed by atoms with E-state index in [4.69, 9.17) is 10.6 Å². The lowest BCUT2D eigenvalue weighted by Gasteiger charge is -2.49. The summed E-state index contributed by atoms with van der Waals surface area (Å²) in [5, 5.41) is 23.5. The Labute approximate surface area is 184 Å². The molecule has 31 heavy (non-hydrogen) atoms. The van der Waals surface area contributed by atoms with E-state index in [1.165, 1.54) is 35.9 Å². The molecule has 0 bridgehead atoms. The third kappa shape index (κ3) is 4.28. The number of aromatic nitrogens is 1. The standard InChI is InChI=1S/C18H20N4O7S2/c1-7-5-30-14-8(13(24)22(14)12(7)15(25)26)4-10(23)11(9-6-31-17(19)20-9)21-29-18(2,3)16(27)28/h6,8,14H,4-5H2,1-3H3,(H2,19,20)(H,25,26)(H,27,28)/b21-11-/t8-,14-/m1/s1. The number of Topliss-reactive ketones (excluding diaryl/α,β-unsaturated/α-hetero) is 1. The van der Waals surface area contributed by atoms with Crippen LogP contribution < -0.4 is 5.73 Å². The third-order valence-corrected chi connectivity index (χ3v) is 6.94. The molecule has 2 aliphatic rings. The van der Waals surface area contributed by atoms with Gasteiger partial charge < -0.3 is 20.8 Å². The smallest absolute Gasteiger partial charge is 0.352 e. The quantitative estimate of drug-likeness (QED) is 0.285. The van der Waals surface area contributed by atoms with Crippen LogP contribution in [0.3, 0.4) is 0 Å². The Balaban J connectivity index is 1.83. The molecule has 3 rings (SSSR count). The number of oxime groups is 1. The first kappa shape index (κ1) is 22.7. The molecular formula is C18H20N4O7S2. The molecule has 0 aromatic carbocycles. The lowest BCUT2D eigenvalue weighted by molar-refractivity contribution is -0.161. The summed E-state index contributed by atoms with van der Waals surface area (Å²) in [6.07, 6.45) is -0.258. The Bertz CT molecular complexity index is 1030. The van der Waals surface area contributed by atoms with Crippen LogP contribution in [0.1, 0.15) is 32.9 Å². The van der Waals surface area contributed by atoms with E-state index >= 15 is 0 Å². The summed E-state index contributed by atoms with van der Waals surface area (Å²) in [6.45, 7) is 4.19. The Morgan fingerprint density at radius 3 is 2.61 bits per heavy atom. The van der Waals surface area contributed by atoms with Crippen molar-refractivity contribution in [2.75, 3.05) is 11.5 Å². The van der Waals surface area contributed by atoms with Crippen LogP contribution in [-0.2, 0) is 24.0 Å². The molecule has 1 amide bonds. The van der Waals surface area contributed by atoms with Crippen molar-refractivity contribution in [3.8, 4) is 0 Å². The molecule has 0 unspecified atom stereocenters. The van der Waals surface area contributed by atoms with Crippen LogP contribution in [0.5, 0.6) is 0 Å². The number of carboxylic acid groups (broad SMARTS) is 2. The number of hydrogen-bond donors (Lipinski definition) is 3. The van der Waals surface area contributed by atoms with E-state index in [1.54, 1.807) is 6.92 Å². The average Bonchev–Trinajstić information content (AvgIpc) is 3.11. The van der Waals surface area contributed by atoms with Crippen molar-refractivity contribution >= 4 is 57.6 Å². The number of thioether (sulfide) groups is 1. The van der Waals surface area contributed by atoms with Crippen molar-refractivity contribution in [3.63, 3.8) is 0 Å². The van der Waals surface area contributed by atoms with Crippen LogP contribution in [0.25, 0.3) is 0 Å². The van der Waals surface area contributed by atoms with Gasteiger partial charge in [0.05, 0.1) is 11.3 Å². The highest BCUT2D eigenvalue weighted by Crippen LogP contribution is 2.45. The number of β-lactam (4-membered cyclic amide) rings is 1. The SMILES string of the molecule is CC1=C(C(=O)O)N2C(=O)[C@@H](CC(=O)/C(=N\OC(C)(C)C(=O)O)c3csc(N)n3)[C@H]2SC1. The van der Waals surface area contributed by atoms with E-state index in [-0.39, 0.29) is 28.7 Å². The second-order valence-corrected chi connectivity index (χ2v) is 9.49. The summed E-state index contributed by atoms with van der Waals surface area (Å²) in [6, 6.07) is 0. The van der Waals surface area contributed by atoms with E-state index in [0.717, 1.165) is 11.3 Å². The number of ketones is 1. The van der Waals surface area contributed by atoms with E-state index in [9.17, 15) is 29.4 Å². The highest BCUT2D eigenvalue weighted by molar-refractivity contribution is 8.00. The molecule has 13 heteroatoms. The van der Waals surface area contributed by atoms with Crippen LogP contribution in [0, 0.1) is 5.92 Å². The van der Waals surface area contributed by atoms with Crippen molar-refractivity contribution in [3.05, 3.63) is 22.3 Å². The molecule has 0 spiro atoms. The second kappa shape index (κ2) is 8.30. The first-order chi connectivity index (χ1) is 14.4. The molecule has 3 heterocycles. The fraction of sp³-hybridized carbons (Fsp3) is 0.444. The number of carbonyl (C=O) groups excluding carboxylic acids is 2. The fourth-order valence-electron chi connectivity index (χ4n) is 3.04. The van der Waals surface area contributed by atoms with Gasteiger partial charge in [-0.25, -0.2) is 14.6 Å². The van der Waals surface area contributed by atoms with Gasteiger partial charge in [0, 0.05) is 17.6 Å². The van der Waals surface area contributed by atoms with Crippen LogP contribution in [-0.4, -0.2) is 66.2 Å². The summed E-state index contributed by atoms with van der Waals surface area (Å²) in [5.74, 6) is -3.84. The highest BCUT2D eigenvalue weighted by Gasteiger charge is 2.53. The predicted octanol–water partition coefficient (Wildman–Crippen LogP) is 1.16. The summed E-state index contributed by atoms with van der Waals surface area (Å²) < 4.78 is 0. The van der Waals surface area contributed by atoms with Gasteiger partial charge in [0.2, 0.25) is 11.5 Å². The first-order valence-corrected chi connectivity index (χ1v) is 11.0. The molecule has 0 aliphatic carbocycles. The molecule has 0 saturated carbocycles. The number of aliphatic carboxylic acids is 2. The topological polar surface area (TPSA) is 172 Å². The zero-order chi connectivity index (χ0) is 23.1. The second-order valence-electron chi connectivity index (χ2n) is 7.50. The molecule has 2 aliphatic heterocycles. The number of rotatable bonds is 8. The van der Waals surface area contributed by atoms with Crippen molar-refractivity contribution in [1.29, 1.82) is 0 Å². The zero-order valence-electron chi connectivity index (χ0n) is 16.8. The number of thiazole rings is 1. The van der Waals surface area contributed by atoms with Gasteiger partial charge >= 0.3 is 11.9 Å². The molecule has 1 saturated heterocycles. The monoisotopic (exact) mass is 468 g/mol. The summed E-state index contributed by atoms with van der Waals surface area (Å²) in [7, 11) is 0. The van der Waals surface area contributed by atoms with Crippen molar-refractivity contribution in [1.82, 2.24) is 9.88 Å². The van der Waals surface area contributed by atoms with Crippen LogP contribution in [0.15, 0.2) is 21.8 Å². The molecule has 1 aromatic heterocycles. The van der Waals surface area contributed by atoms with Gasteiger partial charge in [-0.05, 0) is 26.3 Å². The number of nitrogen functional groups attached to an aromatic ring is 1. The Kier molecular flexibility index (Phi) is 6.09. The summed E-state index contributed by atoms with van der Waals surface area (Å²) in [5.41, 5.74) is 4.32. The van der Waals surface area contributed by atoms with E-state index < -0.39 is 40.5 Å². The number of amides is 1.